The van der Waals surface area contributed by atoms with Crippen LogP contribution in [-0.4, -0.2) is 4.98 Å². The first-order valence-corrected chi connectivity index (χ1v) is 6.22. The Balaban J connectivity index is 2.66. The predicted octanol–water partition coefficient (Wildman–Crippen LogP) is 4.77. The molecule has 2 rings (SSSR count). The van der Waals surface area contributed by atoms with Gasteiger partial charge in [-0.25, -0.2) is 0 Å². The average Bonchev–Trinajstić information content (AvgIpc) is 2.35. The molecule has 2 aromatic rings. The first-order valence-electron chi connectivity index (χ1n) is 5.09. The van der Waals surface area contributed by atoms with Crippen LogP contribution in [0.3, 0.4) is 0 Å². The zero-order valence-corrected chi connectivity index (χ0v) is 11.4. The molecule has 0 atom stereocenters. The molecule has 0 amide bonds. The molecule has 0 unspecified atom stereocenters. The first-order chi connectivity index (χ1) is 8.63. The number of aromatic nitrogens is 1. The second-order valence-electron chi connectivity index (χ2n) is 3.58. The molecule has 90 valence electrons. The van der Waals surface area contributed by atoms with Crippen LogP contribution in [-0.2, 0) is 6.42 Å². The van der Waals surface area contributed by atoms with E-state index in [0.717, 1.165) is 5.56 Å². The molecule has 1 aromatic heterocycles. The predicted molar refractivity (Wildman–Crippen MR) is 74.0 cm³/mol. The Kier molecular flexibility index (Phi) is 4.08. The van der Waals surface area contributed by atoms with E-state index in [-0.39, 0.29) is 6.42 Å². The summed E-state index contributed by atoms with van der Waals surface area (Å²) in [5.74, 6) is 0. The lowest BCUT2D eigenvalue weighted by atomic mass is 10.0. The van der Waals surface area contributed by atoms with Crippen LogP contribution in [0.2, 0.25) is 15.1 Å². The van der Waals surface area contributed by atoms with Gasteiger partial charge in [0, 0.05) is 22.3 Å². The molecule has 0 spiro atoms. The number of hydrogen-bond donors (Lipinski definition) is 0. The summed E-state index contributed by atoms with van der Waals surface area (Å²) in [6, 6.07) is 8.99. The van der Waals surface area contributed by atoms with Crippen LogP contribution in [0.4, 0.5) is 0 Å². The van der Waals surface area contributed by atoms with Crippen molar-refractivity contribution in [1.29, 1.82) is 5.26 Å². The zero-order chi connectivity index (χ0) is 13.1. The van der Waals surface area contributed by atoms with Crippen molar-refractivity contribution in [2.75, 3.05) is 0 Å². The maximum Gasteiger partial charge on any atom is 0.0781 e. The summed E-state index contributed by atoms with van der Waals surface area (Å²) in [4.78, 5) is 4.18. The third-order valence-corrected chi connectivity index (χ3v) is 3.44. The molecule has 0 fully saturated rings. The Morgan fingerprint density at radius 3 is 2.67 bits per heavy atom. The minimum absolute atomic E-state index is 0.205. The van der Waals surface area contributed by atoms with Gasteiger partial charge in [-0.05, 0) is 18.2 Å². The fourth-order valence-electron chi connectivity index (χ4n) is 1.65. The number of nitrogens with zero attached hydrogens (tertiary/aromatic N) is 2. The van der Waals surface area contributed by atoms with Crippen molar-refractivity contribution in [3.05, 3.63) is 51.2 Å². The zero-order valence-electron chi connectivity index (χ0n) is 9.12. The van der Waals surface area contributed by atoms with Crippen molar-refractivity contribution in [3.63, 3.8) is 0 Å². The fourth-order valence-corrected chi connectivity index (χ4v) is 2.36. The van der Waals surface area contributed by atoms with Crippen molar-refractivity contribution in [1.82, 2.24) is 4.98 Å². The van der Waals surface area contributed by atoms with E-state index in [1.165, 1.54) is 0 Å². The monoisotopic (exact) mass is 296 g/mol. The Bertz CT molecular complexity index is 633. The minimum atomic E-state index is 0.205. The van der Waals surface area contributed by atoms with Gasteiger partial charge in [-0.3, -0.25) is 4.98 Å². The van der Waals surface area contributed by atoms with Crippen LogP contribution < -0.4 is 0 Å². The molecular weight excluding hydrogens is 291 g/mol. The number of hydrogen-bond acceptors (Lipinski definition) is 2. The van der Waals surface area contributed by atoms with E-state index >= 15 is 0 Å². The van der Waals surface area contributed by atoms with Crippen LogP contribution in [0.1, 0.15) is 5.69 Å². The summed E-state index contributed by atoms with van der Waals surface area (Å²) < 4.78 is 0. The highest BCUT2D eigenvalue weighted by atomic mass is 35.5. The van der Waals surface area contributed by atoms with Crippen LogP contribution in [0, 0.1) is 11.3 Å². The summed E-state index contributed by atoms with van der Waals surface area (Å²) in [6.07, 6.45) is 1.84. The van der Waals surface area contributed by atoms with Gasteiger partial charge in [0.2, 0.25) is 0 Å². The molecule has 0 radical (unpaired) electrons. The Labute approximate surface area is 120 Å². The highest BCUT2D eigenvalue weighted by Crippen LogP contribution is 2.37. The van der Waals surface area contributed by atoms with Crippen molar-refractivity contribution >= 4 is 34.8 Å². The number of benzene rings is 1. The highest BCUT2D eigenvalue weighted by molar-refractivity contribution is 6.45. The van der Waals surface area contributed by atoms with E-state index < -0.39 is 0 Å². The van der Waals surface area contributed by atoms with Gasteiger partial charge in [0.1, 0.15) is 0 Å². The van der Waals surface area contributed by atoms with E-state index in [1.807, 2.05) is 6.07 Å². The van der Waals surface area contributed by atoms with E-state index in [2.05, 4.69) is 11.1 Å². The van der Waals surface area contributed by atoms with Gasteiger partial charge in [0.05, 0.1) is 28.2 Å². The fraction of sp³-hybridized carbons (Fsp3) is 0.0769. The largest absolute Gasteiger partial charge is 0.260 e. The first kappa shape index (κ1) is 13.2. The molecule has 18 heavy (non-hydrogen) atoms. The summed E-state index contributed by atoms with van der Waals surface area (Å²) in [6.45, 7) is 0. The average molecular weight is 298 g/mol. The third kappa shape index (κ3) is 2.59. The number of pyridine rings is 1. The van der Waals surface area contributed by atoms with Crippen LogP contribution in [0.25, 0.3) is 11.1 Å². The maximum atomic E-state index is 8.79. The molecule has 0 aliphatic rings. The van der Waals surface area contributed by atoms with Crippen molar-refractivity contribution in [2.45, 2.75) is 6.42 Å². The molecule has 0 aliphatic heterocycles. The van der Waals surface area contributed by atoms with Gasteiger partial charge in [-0.1, -0.05) is 40.9 Å². The normalized spacial score (nSPS) is 10.1. The quantitative estimate of drug-likeness (QED) is 0.748. The highest BCUT2D eigenvalue weighted by Gasteiger charge is 2.13. The minimum Gasteiger partial charge on any atom is -0.260 e. The molecule has 0 saturated carbocycles. The molecule has 0 N–H and O–H groups in total. The standard InChI is InChI=1S/C13H7Cl3N2/c14-8-6-10(13(16)11(15)7-8)9-2-1-5-18-12(9)3-4-17/h1-2,5-7H,3H2. The lowest BCUT2D eigenvalue weighted by Gasteiger charge is -2.10. The van der Waals surface area contributed by atoms with Gasteiger partial charge in [0.25, 0.3) is 0 Å². The molecule has 0 bridgehead atoms. The SMILES string of the molecule is N#CCc1ncccc1-c1cc(Cl)cc(Cl)c1Cl. The molecule has 1 heterocycles. The van der Waals surface area contributed by atoms with Crippen LogP contribution >= 0.6 is 34.8 Å². The number of halogens is 3. The van der Waals surface area contributed by atoms with E-state index in [4.69, 9.17) is 40.1 Å². The lowest BCUT2D eigenvalue weighted by Crippen LogP contribution is -1.93. The molecular formula is C13H7Cl3N2. The van der Waals surface area contributed by atoms with Gasteiger partial charge in [-0.15, -0.1) is 0 Å². The molecule has 0 saturated heterocycles. The van der Waals surface area contributed by atoms with Gasteiger partial charge < -0.3 is 0 Å². The van der Waals surface area contributed by atoms with E-state index in [1.54, 1.807) is 24.4 Å². The smallest absolute Gasteiger partial charge is 0.0781 e. The van der Waals surface area contributed by atoms with Gasteiger partial charge >= 0.3 is 0 Å². The number of nitriles is 1. The van der Waals surface area contributed by atoms with E-state index in [0.29, 0.717) is 26.3 Å². The van der Waals surface area contributed by atoms with Gasteiger partial charge in [-0.2, -0.15) is 5.26 Å². The van der Waals surface area contributed by atoms with Crippen molar-refractivity contribution in [3.8, 4) is 17.2 Å². The van der Waals surface area contributed by atoms with Crippen LogP contribution in [0.5, 0.6) is 0 Å². The molecule has 2 nitrogen and oxygen atoms in total. The van der Waals surface area contributed by atoms with Crippen molar-refractivity contribution in [2.24, 2.45) is 0 Å². The molecule has 5 heteroatoms. The Morgan fingerprint density at radius 2 is 1.94 bits per heavy atom. The summed E-state index contributed by atoms with van der Waals surface area (Å²) >= 11 is 18.1. The molecule has 1 aromatic carbocycles. The Morgan fingerprint density at radius 1 is 1.17 bits per heavy atom. The third-order valence-electron chi connectivity index (χ3n) is 2.42. The number of rotatable bonds is 2. The lowest BCUT2D eigenvalue weighted by molar-refractivity contribution is 1.12. The van der Waals surface area contributed by atoms with Crippen LogP contribution in [0.15, 0.2) is 30.5 Å². The molecule has 0 aliphatic carbocycles. The summed E-state index contributed by atoms with van der Waals surface area (Å²) in [5.41, 5.74) is 2.11. The van der Waals surface area contributed by atoms with E-state index in [9.17, 15) is 0 Å². The summed E-state index contributed by atoms with van der Waals surface area (Å²) in [5, 5.41) is 10.1. The second kappa shape index (κ2) is 5.58. The van der Waals surface area contributed by atoms with Gasteiger partial charge in [0.15, 0.2) is 0 Å². The maximum absolute atomic E-state index is 8.79. The Hall–Kier alpha value is -1.27. The topological polar surface area (TPSA) is 36.7 Å². The second-order valence-corrected chi connectivity index (χ2v) is 4.80. The summed E-state index contributed by atoms with van der Waals surface area (Å²) in [7, 11) is 0. The van der Waals surface area contributed by atoms with Crippen molar-refractivity contribution < 1.29 is 0 Å².